The molecule has 7 nitrogen and oxygen atoms in total. The Kier molecular flexibility index (Phi) is 3.65. The summed E-state index contributed by atoms with van der Waals surface area (Å²) in [6.07, 6.45) is 4.78. The lowest BCUT2D eigenvalue weighted by atomic mass is 10.1. The number of alkyl halides is 2. The van der Waals surface area contributed by atoms with Gasteiger partial charge in [-0.15, -0.1) is 0 Å². The molecule has 0 radical (unpaired) electrons. The van der Waals surface area contributed by atoms with Gasteiger partial charge in [0.05, 0.1) is 31.9 Å². The molecule has 0 aliphatic carbocycles. The van der Waals surface area contributed by atoms with E-state index in [9.17, 15) is 13.6 Å². The molecule has 2 aromatic heterocycles. The smallest absolute Gasteiger partial charge is 0.318 e. The fraction of sp³-hybridized carbons (Fsp3) is 0.462. The van der Waals surface area contributed by atoms with E-state index in [-0.39, 0.29) is 6.61 Å². The largest absolute Gasteiger partial charge is 0.382 e. The van der Waals surface area contributed by atoms with Gasteiger partial charge in [-0.25, -0.2) is 23.1 Å². The van der Waals surface area contributed by atoms with E-state index < -0.39 is 31.1 Å². The summed E-state index contributed by atoms with van der Waals surface area (Å²) in [7, 11) is 1.45. The van der Waals surface area contributed by atoms with E-state index >= 15 is 0 Å². The molecule has 22 heavy (non-hydrogen) atoms. The molecule has 1 N–H and O–H groups in total. The number of hydrogen-bond acceptors (Lipinski definition) is 4. The van der Waals surface area contributed by atoms with Crippen molar-refractivity contribution in [2.75, 3.05) is 26.8 Å². The van der Waals surface area contributed by atoms with Gasteiger partial charge in [0.2, 0.25) is 0 Å². The predicted octanol–water partition coefficient (Wildman–Crippen LogP) is 1.08. The minimum atomic E-state index is -2.98. The standard InChI is InChI=1S/C13H15F2N5O2/c1-22-6-10(19-8-13(14,15)7-17-12(19)21)9-4-11-16-2-3-20(11)18-5-9/h2-5,10H,6-8H2,1H3,(H,17,21)/t10-/m1/s1. The van der Waals surface area contributed by atoms with Crippen LogP contribution in [-0.2, 0) is 4.74 Å². The van der Waals surface area contributed by atoms with Crippen LogP contribution >= 0.6 is 0 Å². The maximum Gasteiger partial charge on any atom is 0.318 e. The molecular formula is C13H15F2N5O2. The van der Waals surface area contributed by atoms with Gasteiger partial charge in [-0.1, -0.05) is 0 Å². The zero-order valence-electron chi connectivity index (χ0n) is 11.9. The second-order valence-electron chi connectivity index (χ2n) is 5.13. The number of ether oxygens (including phenoxy) is 1. The Balaban J connectivity index is 1.95. The number of methoxy groups -OCH3 is 1. The number of aromatic nitrogens is 3. The number of amides is 2. The van der Waals surface area contributed by atoms with Crippen LogP contribution in [0.3, 0.4) is 0 Å². The number of carbonyl (C=O) groups excluding carboxylic acids is 1. The Morgan fingerprint density at radius 2 is 2.36 bits per heavy atom. The van der Waals surface area contributed by atoms with E-state index in [1.807, 2.05) is 0 Å². The summed E-state index contributed by atoms with van der Waals surface area (Å²) < 4.78 is 33.9. The van der Waals surface area contributed by atoms with Crippen molar-refractivity contribution < 1.29 is 18.3 Å². The third kappa shape index (κ3) is 2.71. The third-order valence-electron chi connectivity index (χ3n) is 3.52. The molecule has 0 aromatic carbocycles. The average Bonchev–Trinajstić information content (AvgIpc) is 2.95. The summed E-state index contributed by atoms with van der Waals surface area (Å²) in [4.78, 5) is 17.1. The molecule has 0 bridgehead atoms. The van der Waals surface area contributed by atoms with Crippen molar-refractivity contribution in [1.29, 1.82) is 0 Å². The van der Waals surface area contributed by atoms with Crippen LogP contribution in [-0.4, -0.2) is 58.3 Å². The fourth-order valence-corrected chi connectivity index (χ4v) is 2.47. The van der Waals surface area contributed by atoms with E-state index in [2.05, 4.69) is 15.4 Å². The molecule has 118 valence electrons. The number of carbonyl (C=O) groups is 1. The maximum absolute atomic E-state index is 13.6. The number of halogens is 2. The van der Waals surface area contributed by atoms with Crippen molar-refractivity contribution >= 4 is 11.7 Å². The van der Waals surface area contributed by atoms with Gasteiger partial charge in [0, 0.05) is 25.1 Å². The van der Waals surface area contributed by atoms with Gasteiger partial charge in [-0.2, -0.15) is 5.10 Å². The van der Waals surface area contributed by atoms with Crippen LogP contribution in [0.1, 0.15) is 11.6 Å². The maximum atomic E-state index is 13.6. The van der Waals surface area contributed by atoms with Gasteiger partial charge in [0.25, 0.3) is 5.92 Å². The molecule has 3 heterocycles. The summed E-state index contributed by atoms with van der Waals surface area (Å²) >= 11 is 0. The number of urea groups is 1. The van der Waals surface area contributed by atoms with Crippen molar-refractivity contribution in [3.63, 3.8) is 0 Å². The number of nitrogens with one attached hydrogen (secondary N) is 1. The second-order valence-corrected chi connectivity index (χ2v) is 5.13. The van der Waals surface area contributed by atoms with Crippen LogP contribution in [0, 0.1) is 0 Å². The highest BCUT2D eigenvalue weighted by atomic mass is 19.3. The molecule has 1 saturated heterocycles. The quantitative estimate of drug-likeness (QED) is 0.917. The van der Waals surface area contributed by atoms with Gasteiger partial charge in [-0.05, 0) is 6.07 Å². The van der Waals surface area contributed by atoms with E-state index in [0.29, 0.717) is 11.2 Å². The summed E-state index contributed by atoms with van der Waals surface area (Å²) in [5.41, 5.74) is 1.16. The molecule has 0 saturated carbocycles. The third-order valence-corrected chi connectivity index (χ3v) is 3.52. The molecule has 1 aliphatic heterocycles. The SMILES string of the molecule is COC[C@H](c1cnn2ccnc2c1)N1CC(F)(F)CNC1=O. The van der Waals surface area contributed by atoms with Gasteiger partial charge >= 0.3 is 6.03 Å². The highest BCUT2D eigenvalue weighted by Crippen LogP contribution is 2.28. The molecule has 2 aromatic rings. The van der Waals surface area contributed by atoms with Crippen LogP contribution in [0.2, 0.25) is 0 Å². The Morgan fingerprint density at radius 1 is 1.55 bits per heavy atom. The first-order valence-corrected chi connectivity index (χ1v) is 6.71. The zero-order valence-corrected chi connectivity index (χ0v) is 11.9. The molecule has 1 aliphatic rings. The summed E-state index contributed by atoms with van der Waals surface area (Å²) in [6, 6.07) is 0.498. The fourth-order valence-electron chi connectivity index (χ4n) is 2.47. The number of imidazole rings is 1. The number of hydrogen-bond donors (Lipinski definition) is 1. The van der Waals surface area contributed by atoms with Crippen LogP contribution in [0.25, 0.3) is 5.65 Å². The van der Waals surface area contributed by atoms with E-state index in [0.717, 1.165) is 4.90 Å². The minimum absolute atomic E-state index is 0.0854. The summed E-state index contributed by atoms with van der Waals surface area (Å²) in [5, 5.41) is 6.36. The number of rotatable bonds is 4. The molecule has 9 heteroatoms. The van der Waals surface area contributed by atoms with Gasteiger partial charge < -0.3 is 15.0 Å². The minimum Gasteiger partial charge on any atom is -0.382 e. The highest BCUT2D eigenvalue weighted by Gasteiger charge is 2.42. The van der Waals surface area contributed by atoms with Crippen molar-refractivity contribution in [3.8, 4) is 0 Å². The molecule has 2 amide bonds. The van der Waals surface area contributed by atoms with Crippen LogP contribution in [0.5, 0.6) is 0 Å². The van der Waals surface area contributed by atoms with Gasteiger partial charge in [0.15, 0.2) is 5.65 Å². The highest BCUT2D eigenvalue weighted by molar-refractivity contribution is 5.76. The molecule has 1 atom stereocenters. The molecule has 1 fully saturated rings. The normalized spacial score (nSPS) is 19.2. The molecule has 3 rings (SSSR count). The number of nitrogens with zero attached hydrogens (tertiary/aromatic N) is 4. The Hall–Kier alpha value is -2.29. The molecular weight excluding hydrogens is 296 g/mol. The molecule has 0 spiro atoms. The number of fused-ring (bicyclic) bond motifs is 1. The van der Waals surface area contributed by atoms with Crippen molar-refractivity contribution in [2.24, 2.45) is 0 Å². The van der Waals surface area contributed by atoms with Crippen LogP contribution in [0.4, 0.5) is 13.6 Å². The van der Waals surface area contributed by atoms with Gasteiger partial charge in [0.1, 0.15) is 0 Å². The van der Waals surface area contributed by atoms with Crippen molar-refractivity contribution in [1.82, 2.24) is 24.8 Å². The second kappa shape index (κ2) is 5.48. The topological polar surface area (TPSA) is 71.8 Å². The van der Waals surface area contributed by atoms with Gasteiger partial charge in [-0.3, -0.25) is 0 Å². The summed E-state index contributed by atoms with van der Waals surface area (Å²) in [6.45, 7) is -1.23. The molecule has 0 unspecified atom stereocenters. The predicted molar refractivity (Wildman–Crippen MR) is 72.7 cm³/mol. The lowest BCUT2D eigenvalue weighted by Gasteiger charge is -2.38. The average molecular weight is 311 g/mol. The zero-order chi connectivity index (χ0) is 15.7. The first-order chi connectivity index (χ1) is 10.5. The lowest BCUT2D eigenvalue weighted by molar-refractivity contribution is -0.0509. The Morgan fingerprint density at radius 3 is 3.14 bits per heavy atom. The first kappa shape index (κ1) is 14.6. The lowest BCUT2D eigenvalue weighted by Crippen LogP contribution is -2.58. The van der Waals surface area contributed by atoms with Crippen LogP contribution < -0.4 is 5.32 Å². The Bertz CT molecular complexity index is 690. The van der Waals surface area contributed by atoms with E-state index in [1.165, 1.54) is 13.3 Å². The first-order valence-electron chi connectivity index (χ1n) is 6.71. The van der Waals surface area contributed by atoms with E-state index in [1.54, 1.807) is 23.0 Å². The Labute approximate surface area is 124 Å². The van der Waals surface area contributed by atoms with Crippen molar-refractivity contribution in [3.05, 3.63) is 30.2 Å². The summed E-state index contributed by atoms with van der Waals surface area (Å²) in [5.74, 6) is -2.98. The van der Waals surface area contributed by atoms with E-state index in [4.69, 9.17) is 4.74 Å². The van der Waals surface area contributed by atoms with Crippen LogP contribution in [0.15, 0.2) is 24.7 Å². The monoisotopic (exact) mass is 311 g/mol. The van der Waals surface area contributed by atoms with Crippen molar-refractivity contribution in [2.45, 2.75) is 12.0 Å².